The summed E-state index contributed by atoms with van der Waals surface area (Å²) in [6.45, 7) is 0.813. The monoisotopic (exact) mass is 534 g/mol. The van der Waals surface area contributed by atoms with Crippen molar-refractivity contribution < 1.29 is 76.5 Å². The number of hydrogen-bond donors (Lipinski definition) is 1. The van der Waals surface area contributed by atoms with Gasteiger partial charge in [-0.25, -0.2) is 0 Å². The molecule has 0 aliphatic carbocycles. The summed E-state index contributed by atoms with van der Waals surface area (Å²) >= 11 is 0. The topological polar surface area (TPSA) is 55.8 Å². The van der Waals surface area contributed by atoms with Crippen molar-refractivity contribution in [2.75, 3.05) is 0 Å². The first-order valence-corrected chi connectivity index (χ1v) is 9.38. The predicted molar refractivity (Wildman–Crippen MR) is 84.6 cm³/mol. The molecule has 4 atom stereocenters. The zero-order valence-corrected chi connectivity index (χ0v) is 17.7. The van der Waals surface area contributed by atoms with E-state index in [-0.39, 0.29) is 20.8 Å². The molecule has 1 heterocycles. The molecular formula is C17H19F13O4. The maximum Gasteiger partial charge on any atom is 0.449 e. The van der Waals surface area contributed by atoms with Crippen molar-refractivity contribution in [3.63, 3.8) is 0 Å². The number of ether oxygens (including phenoxy) is 2. The second-order valence-corrected chi connectivity index (χ2v) is 7.82. The summed E-state index contributed by atoms with van der Waals surface area (Å²) in [7, 11) is 0. The Morgan fingerprint density at radius 3 is 1.53 bits per heavy atom. The van der Waals surface area contributed by atoms with E-state index in [0.717, 1.165) is 0 Å². The van der Waals surface area contributed by atoms with Gasteiger partial charge in [-0.3, -0.25) is 4.79 Å². The zero-order valence-electron chi connectivity index (χ0n) is 17.7. The standard InChI is InChI=1S/C17H19F13O4/c1-5-9(4,15(22,23)24)8(31)33-10(6-2)12(18,19)11(7-3,16(25,26)27)34-14(32,13(10,20)21)17(28,29)30/h32H,5-7H2,1-4H3. The molecule has 0 amide bonds. The average molecular weight is 534 g/mol. The van der Waals surface area contributed by atoms with Gasteiger partial charge in [-0.05, 0) is 26.2 Å². The molecule has 0 saturated carbocycles. The van der Waals surface area contributed by atoms with Crippen LogP contribution in [0.15, 0.2) is 0 Å². The Balaban J connectivity index is 4.17. The van der Waals surface area contributed by atoms with Crippen LogP contribution in [-0.4, -0.2) is 58.4 Å². The van der Waals surface area contributed by atoms with Crippen LogP contribution in [0, 0.1) is 5.41 Å². The Morgan fingerprint density at radius 1 is 0.824 bits per heavy atom. The maximum atomic E-state index is 15.4. The molecule has 1 aliphatic rings. The lowest BCUT2D eigenvalue weighted by Crippen LogP contribution is -2.88. The van der Waals surface area contributed by atoms with Gasteiger partial charge in [0.1, 0.15) is 0 Å². The lowest BCUT2D eigenvalue weighted by Gasteiger charge is -2.60. The quantitative estimate of drug-likeness (QED) is 0.352. The summed E-state index contributed by atoms with van der Waals surface area (Å²) in [6.07, 6.45) is -25.2. The van der Waals surface area contributed by atoms with Crippen LogP contribution < -0.4 is 0 Å². The van der Waals surface area contributed by atoms with Crippen LogP contribution in [0.1, 0.15) is 47.0 Å². The lowest BCUT2D eigenvalue weighted by atomic mass is 9.68. The molecule has 17 heteroatoms. The third-order valence-corrected chi connectivity index (χ3v) is 6.16. The molecule has 202 valence electrons. The highest BCUT2D eigenvalue weighted by atomic mass is 19.4. The zero-order chi connectivity index (χ0) is 27.6. The number of aliphatic hydroxyl groups is 1. The van der Waals surface area contributed by atoms with Gasteiger partial charge in [0, 0.05) is 0 Å². The number of carbonyl (C=O) groups excluding carboxylic acids is 1. The fraction of sp³-hybridized carbons (Fsp3) is 0.941. The van der Waals surface area contributed by atoms with E-state index in [9.17, 15) is 49.4 Å². The van der Waals surface area contributed by atoms with Crippen molar-refractivity contribution in [1.29, 1.82) is 0 Å². The fourth-order valence-electron chi connectivity index (χ4n) is 3.52. The molecule has 0 radical (unpaired) electrons. The molecule has 1 rings (SSSR count). The molecular weight excluding hydrogens is 515 g/mol. The summed E-state index contributed by atoms with van der Waals surface area (Å²) in [5.41, 5.74) is -15.1. The summed E-state index contributed by atoms with van der Waals surface area (Å²) < 4.78 is 189. The molecule has 0 bridgehead atoms. The molecule has 1 aliphatic heterocycles. The number of esters is 1. The number of alkyl halides is 13. The van der Waals surface area contributed by atoms with E-state index in [4.69, 9.17) is 0 Å². The van der Waals surface area contributed by atoms with E-state index in [1.807, 2.05) is 0 Å². The first kappa shape index (κ1) is 30.5. The van der Waals surface area contributed by atoms with Crippen LogP contribution in [0.3, 0.4) is 0 Å². The third-order valence-electron chi connectivity index (χ3n) is 6.16. The van der Waals surface area contributed by atoms with Crippen LogP contribution in [0.4, 0.5) is 57.1 Å². The Labute approximate surface area is 183 Å². The van der Waals surface area contributed by atoms with Gasteiger partial charge in [0.25, 0.3) is 0 Å². The first-order valence-electron chi connectivity index (χ1n) is 9.38. The minimum Gasteiger partial charge on any atom is -0.445 e. The van der Waals surface area contributed by atoms with E-state index < -0.39 is 78.0 Å². The van der Waals surface area contributed by atoms with Crippen molar-refractivity contribution in [2.45, 2.75) is 94.3 Å². The van der Waals surface area contributed by atoms with E-state index in [0.29, 0.717) is 6.92 Å². The SMILES string of the molecule is CCC(C)(C(=O)OC1(CC)C(F)(F)C(O)(C(F)(F)F)OC(CC)(C(F)(F)F)C1(F)F)C(F)(F)F. The van der Waals surface area contributed by atoms with Crippen LogP contribution in [0.2, 0.25) is 0 Å². The molecule has 1 fully saturated rings. The van der Waals surface area contributed by atoms with Crippen molar-refractivity contribution in [1.82, 2.24) is 0 Å². The molecule has 0 aromatic heterocycles. The van der Waals surface area contributed by atoms with Gasteiger partial charge >= 0.3 is 42.1 Å². The van der Waals surface area contributed by atoms with Crippen molar-refractivity contribution in [3.8, 4) is 0 Å². The second kappa shape index (κ2) is 8.00. The van der Waals surface area contributed by atoms with Gasteiger partial charge in [0.2, 0.25) is 11.2 Å². The molecule has 34 heavy (non-hydrogen) atoms. The number of hydrogen-bond acceptors (Lipinski definition) is 4. The van der Waals surface area contributed by atoms with Crippen LogP contribution in [-0.2, 0) is 14.3 Å². The van der Waals surface area contributed by atoms with Gasteiger partial charge in [0.05, 0.1) is 0 Å². The summed E-state index contributed by atoms with van der Waals surface area (Å²) in [5, 5.41) is 9.65. The smallest absolute Gasteiger partial charge is 0.445 e. The molecule has 1 saturated heterocycles. The molecule has 1 N–H and O–H groups in total. The Hall–Kier alpha value is -1.52. The predicted octanol–water partition coefficient (Wildman–Crippen LogP) is 5.92. The number of halogens is 13. The van der Waals surface area contributed by atoms with Crippen molar-refractivity contribution >= 4 is 5.97 Å². The second-order valence-electron chi connectivity index (χ2n) is 7.82. The highest BCUT2D eigenvalue weighted by molar-refractivity contribution is 5.78. The summed E-state index contributed by atoms with van der Waals surface area (Å²) in [5.74, 6) is -22.4. The van der Waals surface area contributed by atoms with E-state index in [1.165, 1.54) is 0 Å². The van der Waals surface area contributed by atoms with Crippen molar-refractivity contribution in [3.05, 3.63) is 0 Å². The fourth-order valence-corrected chi connectivity index (χ4v) is 3.52. The lowest BCUT2D eigenvalue weighted by molar-refractivity contribution is -0.559. The summed E-state index contributed by atoms with van der Waals surface area (Å²) in [6, 6.07) is 0. The van der Waals surface area contributed by atoms with Gasteiger partial charge in [-0.2, -0.15) is 57.1 Å². The van der Waals surface area contributed by atoms with Crippen LogP contribution in [0.25, 0.3) is 0 Å². The minimum atomic E-state index is -6.93. The molecule has 0 aromatic rings. The summed E-state index contributed by atoms with van der Waals surface area (Å²) in [4.78, 5) is 12.3. The van der Waals surface area contributed by atoms with Gasteiger partial charge in [-0.1, -0.05) is 20.8 Å². The third kappa shape index (κ3) is 3.46. The minimum absolute atomic E-state index is 0.0406. The highest BCUT2D eigenvalue weighted by Gasteiger charge is 2.96. The normalized spacial score (nSPS) is 33.8. The number of carbonyl (C=O) groups is 1. The molecule has 4 unspecified atom stereocenters. The Bertz CT molecular complexity index is 790. The Morgan fingerprint density at radius 2 is 1.26 bits per heavy atom. The van der Waals surface area contributed by atoms with Gasteiger partial charge in [0.15, 0.2) is 5.41 Å². The van der Waals surface area contributed by atoms with Crippen LogP contribution in [0.5, 0.6) is 0 Å². The van der Waals surface area contributed by atoms with E-state index in [2.05, 4.69) is 9.47 Å². The van der Waals surface area contributed by atoms with Gasteiger partial charge < -0.3 is 14.6 Å². The van der Waals surface area contributed by atoms with Crippen LogP contribution >= 0.6 is 0 Å². The molecule has 4 nitrogen and oxygen atoms in total. The first-order chi connectivity index (χ1) is 14.8. The van der Waals surface area contributed by atoms with Crippen molar-refractivity contribution in [2.24, 2.45) is 5.41 Å². The van der Waals surface area contributed by atoms with E-state index >= 15 is 17.6 Å². The maximum absolute atomic E-state index is 15.4. The highest BCUT2D eigenvalue weighted by Crippen LogP contribution is 2.68. The van der Waals surface area contributed by atoms with E-state index in [1.54, 1.807) is 0 Å². The van der Waals surface area contributed by atoms with Gasteiger partial charge in [-0.15, -0.1) is 0 Å². The Kier molecular flexibility index (Phi) is 7.17. The number of rotatable bonds is 5. The molecule has 0 aromatic carbocycles. The largest absolute Gasteiger partial charge is 0.449 e. The molecule has 0 spiro atoms. The average Bonchev–Trinajstić information content (AvgIpc) is 2.64.